The highest BCUT2D eigenvalue weighted by molar-refractivity contribution is 9.10. The maximum atomic E-state index is 12.4. The number of pyridine rings is 1. The van der Waals surface area contributed by atoms with Crippen LogP contribution in [0.1, 0.15) is 104 Å². The highest BCUT2D eigenvalue weighted by atomic mass is 79.9. The van der Waals surface area contributed by atoms with Crippen molar-refractivity contribution in [2.75, 3.05) is 0 Å². The van der Waals surface area contributed by atoms with Gasteiger partial charge in [0.2, 0.25) is 0 Å². The Morgan fingerprint density at radius 2 is 0.870 bits per heavy atom. The average Bonchev–Trinajstić information content (AvgIpc) is 2.90. The lowest BCUT2D eigenvalue weighted by atomic mass is 9.98. The van der Waals surface area contributed by atoms with Crippen molar-refractivity contribution in [3.63, 3.8) is 0 Å². The number of rotatable bonds is 3. The normalized spacial score (nSPS) is 12.4. The summed E-state index contributed by atoms with van der Waals surface area (Å²) in [7, 11) is 0. The monoisotopic (exact) mass is 736 g/mol. The third-order valence-electron chi connectivity index (χ3n) is 6.09. The molecule has 0 atom stereocenters. The summed E-state index contributed by atoms with van der Waals surface area (Å²) in [6, 6.07) is 10.4. The molecule has 0 saturated heterocycles. The summed E-state index contributed by atoms with van der Waals surface area (Å²) in [5, 5.41) is 8.62. The molecule has 2 nitrogen and oxygen atoms in total. The summed E-state index contributed by atoms with van der Waals surface area (Å²) in [6.07, 6.45) is -18.4. The van der Waals surface area contributed by atoms with Crippen LogP contribution in [-0.2, 0) is 24.7 Å². The Labute approximate surface area is 266 Å². The molecule has 1 heterocycles. The third kappa shape index (κ3) is 12.8. The Morgan fingerprint density at radius 1 is 0.522 bits per heavy atom. The van der Waals surface area contributed by atoms with Gasteiger partial charge in [0.25, 0.3) is 0 Å². The highest BCUT2D eigenvalue weighted by Gasteiger charge is 2.39. The Balaban J connectivity index is 0.000000347. The quantitative estimate of drug-likeness (QED) is 0.251. The number of nitriles is 1. The standard InChI is InChI=1S/C11H10F3N.C10H10BrF3.C10H9F6N/c1-7(2)9-3-8(6-15)4-10(5-9)11(12,13)14;1-6(2)7-3-8(10(12,13)14)5-9(11)4-7;1-5(2)6-3-7(9(11,12)13)17-8(4-6)10(14,15)16/h3-5,7H,1-2H3;3-6H,1-2H3;3-5H,1-2H3. The molecule has 0 unspecified atom stereocenters. The molecule has 2 aromatic carbocycles. The van der Waals surface area contributed by atoms with E-state index in [-0.39, 0.29) is 23.0 Å². The molecule has 0 radical (unpaired) electrons. The molecule has 0 aliphatic rings. The number of benzene rings is 2. The van der Waals surface area contributed by atoms with Crippen LogP contribution in [0.2, 0.25) is 0 Å². The topological polar surface area (TPSA) is 36.7 Å². The maximum Gasteiger partial charge on any atom is 0.433 e. The van der Waals surface area contributed by atoms with Crippen LogP contribution >= 0.6 is 15.9 Å². The summed E-state index contributed by atoms with van der Waals surface area (Å²) in [6.45, 7) is 10.3. The van der Waals surface area contributed by atoms with Crippen molar-refractivity contribution in [2.45, 2.75) is 84.0 Å². The maximum absolute atomic E-state index is 12.4. The molecule has 0 aliphatic heterocycles. The summed E-state index contributed by atoms with van der Waals surface area (Å²) >= 11 is 3.07. The minimum absolute atomic E-state index is 0.0283. The number of aromatic nitrogens is 1. The van der Waals surface area contributed by atoms with Gasteiger partial charge in [-0.05, 0) is 83.0 Å². The van der Waals surface area contributed by atoms with E-state index in [1.54, 1.807) is 26.0 Å². The van der Waals surface area contributed by atoms with Crippen LogP contribution in [0.5, 0.6) is 0 Å². The molecule has 0 saturated carbocycles. The molecule has 0 bridgehead atoms. The van der Waals surface area contributed by atoms with Gasteiger partial charge >= 0.3 is 24.7 Å². The van der Waals surface area contributed by atoms with Gasteiger partial charge in [-0.3, -0.25) is 0 Å². The van der Waals surface area contributed by atoms with Gasteiger partial charge in [0.15, 0.2) is 0 Å². The first-order chi connectivity index (χ1) is 20.7. The molecular weight excluding hydrogens is 708 g/mol. The van der Waals surface area contributed by atoms with E-state index >= 15 is 0 Å². The second-order valence-corrected chi connectivity index (χ2v) is 11.8. The summed E-state index contributed by atoms with van der Waals surface area (Å²) in [4.78, 5) is 2.61. The van der Waals surface area contributed by atoms with Gasteiger partial charge < -0.3 is 0 Å². The van der Waals surface area contributed by atoms with Gasteiger partial charge in [-0.1, -0.05) is 57.5 Å². The zero-order chi connectivity index (χ0) is 36.0. The van der Waals surface area contributed by atoms with Gasteiger partial charge in [-0.15, -0.1) is 0 Å². The van der Waals surface area contributed by atoms with E-state index < -0.39 is 53.1 Å². The van der Waals surface area contributed by atoms with E-state index in [2.05, 4.69) is 20.9 Å². The fourth-order valence-electron chi connectivity index (χ4n) is 3.50. The molecule has 1 aromatic heterocycles. The minimum Gasteiger partial charge on any atom is -0.239 e. The fourth-order valence-corrected chi connectivity index (χ4v) is 4.01. The predicted octanol–water partition coefficient (Wildman–Crippen LogP) is 12.5. The first kappa shape index (κ1) is 40.7. The SMILES string of the molecule is CC(C)c1cc(Br)cc(C(F)(F)F)c1.CC(C)c1cc(C#N)cc(C(F)(F)F)c1.CC(C)c1cc(C(F)(F)F)nc(C(F)(F)F)c1. The van der Waals surface area contributed by atoms with Crippen LogP contribution in [0.15, 0.2) is 53.0 Å². The molecule has 0 amide bonds. The zero-order valence-electron chi connectivity index (χ0n) is 25.2. The van der Waals surface area contributed by atoms with Crippen LogP contribution in [0, 0.1) is 11.3 Å². The molecule has 254 valence electrons. The second-order valence-electron chi connectivity index (χ2n) is 10.9. The van der Waals surface area contributed by atoms with E-state index in [1.165, 1.54) is 26.0 Å². The van der Waals surface area contributed by atoms with Crippen molar-refractivity contribution in [3.8, 4) is 6.07 Å². The molecule has 15 heteroatoms. The van der Waals surface area contributed by atoms with Crippen molar-refractivity contribution in [3.05, 3.63) is 97.8 Å². The lowest BCUT2D eigenvalue weighted by Crippen LogP contribution is -2.16. The Kier molecular flexibility index (Phi) is 13.8. The summed E-state index contributed by atoms with van der Waals surface area (Å²) < 4.78 is 149. The van der Waals surface area contributed by atoms with E-state index in [0.29, 0.717) is 27.7 Å². The third-order valence-corrected chi connectivity index (χ3v) is 6.55. The lowest BCUT2D eigenvalue weighted by Gasteiger charge is -2.14. The Bertz CT molecular complexity index is 1460. The van der Waals surface area contributed by atoms with Gasteiger partial charge in [0, 0.05) is 4.47 Å². The van der Waals surface area contributed by atoms with E-state index in [0.717, 1.165) is 18.2 Å². The highest BCUT2D eigenvalue weighted by Crippen LogP contribution is 2.36. The molecule has 3 rings (SSSR count). The summed E-state index contributed by atoms with van der Waals surface area (Å²) in [5.41, 5.74) is -3.17. The zero-order valence-corrected chi connectivity index (χ0v) is 26.7. The molecule has 0 spiro atoms. The van der Waals surface area contributed by atoms with Crippen LogP contribution < -0.4 is 0 Å². The molecule has 46 heavy (non-hydrogen) atoms. The Morgan fingerprint density at radius 3 is 1.20 bits per heavy atom. The molecule has 0 aliphatic carbocycles. The molecular formula is C31H29BrF12N2. The van der Waals surface area contributed by atoms with Gasteiger partial charge in [-0.2, -0.15) is 57.9 Å². The number of halogens is 13. The smallest absolute Gasteiger partial charge is 0.239 e. The summed E-state index contributed by atoms with van der Waals surface area (Å²) in [5.74, 6) is -0.381. The first-order valence-electron chi connectivity index (χ1n) is 13.3. The van der Waals surface area contributed by atoms with Crippen LogP contribution in [0.25, 0.3) is 0 Å². The Hall–Kier alpha value is -3.28. The number of alkyl halides is 12. The first-order valence-corrected chi connectivity index (χ1v) is 14.1. The molecule has 0 fully saturated rings. The lowest BCUT2D eigenvalue weighted by molar-refractivity contribution is -0.150. The van der Waals surface area contributed by atoms with Crippen molar-refractivity contribution in [1.29, 1.82) is 5.26 Å². The molecule has 0 N–H and O–H groups in total. The van der Waals surface area contributed by atoms with E-state index in [1.807, 2.05) is 13.8 Å². The average molecular weight is 737 g/mol. The van der Waals surface area contributed by atoms with Crippen molar-refractivity contribution >= 4 is 15.9 Å². The molecule has 3 aromatic rings. The number of hydrogen-bond donors (Lipinski definition) is 0. The van der Waals surface area contributed by atoms with Gasteiger partial charge in [-0.25, -0.2) is 4.98 Å². The van der Waals surface area contributed by atoms with Crippen molar-refractivity contribution in [2.24, 2.45) is 0 Å². The largest absolute Gasteiger partial charge is 0.433 e. The van der Waals surface area contributed by atoms with Crippen molar-refractivity contribution in [1.82, 2.24) is 4.98 Å². The predicted molar refractivity (Wildman–Crippen MR) is 152 cm³/mol. The van der Waals surface area contributed by atoms with Gasteiger partial charge in [0.1, 0.15) is 11.4 Å². The number of nitrogens with zero attached hydrogens (tertiary/aromatic N) is 2. The van der Waals surface area contributed by atoms with Crippen molar-refractivity contribution < 1.29 is 52.7 Å². The number of hydrogen-bond acceptors (Lipinski definition) is 2. The van der Waals surface area contributed by atoms with Crippen LogP contribution in [0.3, 0.4) is 0 Å². The fraction of sp³-hybridized carbons (Fsp3) is 0.419. The van der Waals surface area contributed by atoms with Crippen LogP contribution in [0.4, 0.5) is 52.7 Å². The van der Waals surface area contributed by atoms with Crippen LogP contribution in [-0.4, -0.2) is 4.98 Å². The van der Waals surface area contributed by atoms with E-state index in [4.69, 9.17) is 5.26 Å². The second kappa shape index (κ2) is 15.5. The van der Waals surface area contributed by atoms with E-state index in [9.17, 15) is 52.7 Å². The minimum atomic E-state index is -4.88. The van der Waals surface area contributed by atoms with Gasteiger partial charge in [0.05, 0.1) is 22.8 Å².